The first kappa shape index (κ1) is 18.4. The number of rotatable bonds is 4. The van der Waals surface area contributed by atoms with Gasteiger partial charge in [-0.15, -0.1) is 0 Å². The van der Waals surface area contributed by atoms with E-state index >= 15 is 0 Å². The molecule has 1 aliphatic heterocycles. The number of carbonyl (C=O) groups excluding carboxylic acids is 1. The van der Waals surface area contributed by atoms with Gasteiger partial charge in [-0.3, -0.25) is 9.78 Å². The van der Waals surface area contributed by atoms with Gasteiger partial charge in [0.15, 0.2) is 0 Å². The smallest absolute Gasteiger partial charge is 0.254 e. The molecule has 0 saturated carbocycles. The van der Waals surface area contributed by atoms with Crippen molar-refractivity contribution in [2.24, 2.45) is 0 Å². The van der Waals surface area contributed by atoms with Crippen LogP contribution in [0.4, 0.5) is 8.78 Å². The minimum absolute atomic E-state index is 0.178. The van der Waals surface area contributed by atoms with E-state index in [0.29, 0.717) is 23.3 Å². The molecule has 2 aromatic carbocycles. The molecule has 3 aromatic rings. The van der Waals surface area contributed by atoms with Gasteiger partial charge >= 0.3 is 0 Å². The number of pyridine rings is 1. The van der Waals surface area contributed by atoms with Crippen molar-refractivity contribution in [2.75, 3.05) is 6.54 Å². The molecule has 2 heterocycles. The van der Waals surface area contributed by atoms with Crippen molar-refractivity contribution in [3.8, 4) is 16.9 Å². The van der Waals surface area contributed by atoms with Gasteiger partial charge in [-0.05, 0) is 42.0 Å². The van der Waals surface area contributed by atoms with Crippen LogP contribution in [0.15, 0.2) is 54.9 Å². The number of carbonyl (C=O) groups is 1. The van der Waals surface area contributed by atoms with Gasteiger partial charge in [0.05, 0.1) is 12.1 Å². The minimum Gasteiger partial charge on any atom is -0.487 e. The average Bonchev–Trinajstić information content (AvgIpc) is 3.09. The fourth-order valence-corrected chi connectivity index (χ4v) is 3.47. The molecule has 0 bridgehead atoms. The molecule has 0 saturated heterocycles. The maximum atomic E-state index is 13.7. The van der Waals surface area contributed by atoms with E-state index in [9.17, 15) is 13.6 Å². The predicted molar refractivity (Wildman–Crippen MR) is 101 cm³/mol. The molecule has 4 nitrogen and oxygen atoms in total. The van der Waals surface area contributed by atoms with E-state index in [0.717, 1.165) is 28.8 Å². The topological polar surface area (TPSA) is 51.2 Å². The predicted octanol–water partition coefficient (Wildman–Crippen LogP) is 4.41. The molecular weight excluding hydrogens is 386 g/mol. The highest BCUT2D eigenvalue weighted by atomic mass is 35.5. The number of nitrogens with zero attached hydrogens (tertiary/aromatic N) is 1. The lowest BCUT2D eigenvalue weighted by atomic mass is 10.0. The third-order valence-corrected chi connectivity index (χ3v) is 4.74. The third kappa shape index (κ3) is 3.68. The lowest BCUT2D eigenvalue weighted by Gasteiger charge is -2.14. The largest absolute Gasteiger partial charge is 0.487 e. The first-order chi connectivity index (χ1) is 13.5. The van der Waals surface area contributed by atoms with E-state index in [2.05, 4.69) is 10.3 Å². The van der Waals surface area contributed by atoms with Crippen LogP contribution in [0.25, 0.3) is 11.1 Å². The maximum absolute atomic E-state index is 13.7. The van der Waals surface area contributed by atoms with E-state index in [1.165, 1.54) is 0 Å². The van der Waals surface area contributed by atoms with E-state index < -0.39 is 17.5 Å². The van der Waals surface area contributed by atoms with Crippen molar-refractivity contribution in [1.82, 2.24) is 10.3 Å². The van der Waals surface area contributed by atoms with Crippen LogP contribution in [0, 0.1) is 11.6 Å². The quantitative estimate of drug-likeness (QED) is 0.705. The number of nitrogens with one attached hydrogen (secondary N) is 1. The van der Waals surface area contributed by atoms with Gasteiger partial charge in [-0.25, -0.2) is 8.78 Å². The Bertz CT molecular complexity index is 1040. The molecular formula is C21H15ClF2N2O2. The van der Waals surface area contributed by atoms with Gasteiger partial charge in [0.25, 0.3) is 5.91 Å². The summed E-state index contributed by atoms with van der Waals surface area (Å²) in [6.45, 7) is 0.178. The fourth-order valence-electron chi connectivity index (χ4n) is 3.23. The summed E-state index contributed by atoms with van der Waals surface area (Å²) in [7, 11) is 0. The van der Waals surface area contributed by atoms with E-state index in [1.54, 1.807) is 12.4 Å². The second-order valence-corrected chi connectivity index (χ2v) is 6.89. The van der Waals surface area contributed by atoms with E-state index in [1.807, 2.05) is 24.3 Å². The number of aromatic nitrogens is 1. The van der Waals surface area contributed by atoms with Crippen LogP contribution in [0.5, 0.6) is 5.75 Å². The number of fused-ring (bicyclic) bond motifs is 1. The molecule has 4 rings (SSSR count). The zero-order chi connectivity index (χ0) is 19.7. The van der Waals surface area contributed by atoms with Crippen LogP contribution in [0.2, 0.25) is 5.02 Å². The number of hydrogen-bond donors (Lipinski definition) is 1. The number of amides is 1. The van der Waals surface area contributed by atoms with Crippen molar-refractivity contribution >= 4 is 17.5 Å². The molecule has 1 atom stereocenters. The summed E-state index contributed by atoms with van der Waals surface area (Å²) < 4.78 is 32.8. The Morgan fingerprint density at radius 3 is 2.71 bits per heavy atom. The highest BCUT2D eigenvalue weighted by Gasteiger charge is 2.27. The monoisotopic (exact) mass is 400 g/mol. The van der Waals surface area contributed by atoms with Gasteiger partial charge in [0.2, 0.25) is 0 Å². The van der Waals surface area contributed by atoms with Crippen molar-refractivity contribution in [3.63, 3.8) is 0 Å². The van der Waals surface area contributed by atoms with Gasteiger partial charge in [0, 0.05) is 41.0 Å². The number of hydrogen-bond acceptors (Lipinski definition) is 3. The summed E-state index contributed by atoms with van der Waals surface area (Å²) in [6.07, 6.45) is 3.61. The van der Waals surface area contributed by atoms with Crippen molar-refractivity contribution < 1.29 is 18.3 Å². The fraction of sp³-hybridized carbons (Fsp3) is 0.143. The first-order valence-electron chi connectivity index (χ1n) is 8.64. The lowest BCUT2D eigenvalue weighted by molar-refractivity contribution is 0.0929. The molecule has 0 aliphatic carbocycles. The zero-order valence-corrected chi connectivity index (χ0v) is 15.3. The second kappa shape index (κ2) is 7.56. The van der Waals surface area contributed by atoms with Gasteiger partial charge in [-0.2, -0.15) is 0 Å². The Hall–Kier alpha value is -2.99. The molecule has 0 radical (unpaired) electrons. The number of ether oxygens (including phenoxy) is 1. The van der Waals surface area contributed by atoms with Crippen LogP contribution in [0.3, 0.4) is 0 Å². The summed E-state index contributed by atoms with van der Waals surface area (Å²) in [4.78, 5) is 16.2. The second-order valence-electron chi connectivity index (χ2n) is 6.46. The normalized spacial score (nSPS) is 15.0. The molecule has 1 amide bonds. The Labute approximate surface area is 165 Å². The van der Waals surface area contributed by atoms with Crippen LogP contribution >= 0.6 is 11.6 Å². The molecule has 1 aromatic heterocycles. The third-order valence-electron chi connectivity index (χ3n) is 4.52. The molecule has 1 N–H and O–H groups in total. The molecule has 142 valence electrons. The summed E-state index contributed by atoms with van der Waals surface area (Å²) in [6, 6.07) is 10.2. The molecule has 1 aliphatic rings. The first-order valence-corrected chi connectivity index (χ1v) is 9.02. The summed E-state index contributed by atoms with van der Waals surface area (Å²) in [5, 5.41) is 3.23. The minimum atomic E-state index is -0.903. The Morgan fingerprint density at radius 2 is 1.96 bits per heavy atom. The summed E-state index contributed by atoms with van der Waals surface area (Å²) in [5.41, 5.74) is 2.50. The van der Waals surface area contributed by atoms with Crippen molar-refractivity contribution in [3.05, 3.63) is 82.6 Å². The highest BCUT2D eigenvalue weighted by molar-refractivity contribution is 6.31. The summed E-state index contributed by atoms with van der Waals surface area (Å²) in [5.74, 6) is -1.55. The molecule has 1 unspecified atom stereocenters. The van der Waals surface area contributed by atoms with Crippen molar-refractivity contribution in [2.45, 2.75) is 12.5 Å². The van der Waals surface area contributed by atoms with Gasteiger partial charge in [0.1, 0.15) is 23.5 Å². The Balaban J connectivity index is 1.49. The van der Waals surface area contributed by atoms with Crippen LogP contribution in [0.1, 0.15) is 15.9 Å². The van der Waals surface area contributed by atoms with E-state index in [4.69, 9.17) is 16.3 Å². The molecule has 0 fully saturated rings. The van der Waals surface area contributed by atoms with Crippen LogP contribution in [-0.4, -0.2) is 23.5 Å². The Kier molecular flexibility index (Phi) is 4.96. The Morgan fingerprint density at radius 1 is 1.18 bits per heavy atom. The maximum Gasteiger partial charge on any atom is 0.254 e. The average molecular weight is 401 g/mol. The van der Waals surface area contributed by atoms with Gasteiger partial charge in [-0.1, -0.05) is 11.6 Å². The highest BCUT2D eigenvalue weighted by Crippen LogP contribution is 2.40. The van der Waals surface area contributed by atoms with Crippen molar-refractivity contribution in [1.29, 1.82) is 0 Å². The molecule has 28 heavy (non-hydrogen) atoms. The zero-order valence-electron chi connectivity index (χ0n) is 14.6. The number of benzene rings is 2. The van der Waals surface area contributed by atoms with E-state index in [-0.39, 0.29) is 18.2 Å². The lowest BCUT2D eigenvalue weighted by Crippen LogP contribution is -2.34. The van der Waals surface area contributed by atoms with Crippen LogP contribution < -0.4 is 10.1 Å². The summed E-state index contributed by atoms with van der Waals surface area (Å²) >= 11 is 6.25. The van der Waals surface area contributed by atoms with Crippen LogP contribution in [-0.2, 0) is 6.42 Å². The molecule has 7 heteroatoms. The SMILES string of the molecule is O=C(NCC1Cc2cc(Cl)cc(-c3ccncc3)c2O1)c1ccc(F)cc1F. The van der Waals surface area contributed by atoms with Gasteiger partial charge < -0.3 is 10.1 Å². The number of halogens is 3. The molecule has 0 spiro atoms. The standard InChI is InChI=1S/C21H15ClF2N2O2/c22-14-7-13-8-16(11-26-21(27)17-2-1-15(23)10-19(17)24)28-20(13)18(9-14)12-3-5-25-6-4-12/h1-7,9-10,16H,8,11H2,(H,26,27).